The highest BCUT2D eigenvalue weighted by molar-refractivity contribution is 5.51. The molecular formula is C18H27F. The maximum absolute atomic E-state index is 11.9. The van der Waals surface area contributed by atoms with Crippen LogP contribution in [0.2, 0.25) is 0 Å². The molecule has 0 radical (unpaired) electrons. The predicted octanol–water partition coefficient (Wildman–Crippen LogP) is 5.96. The first kappa shape index (κ1) is 15.9. The summed E-state index contributed by atoms with van der Waals surface area (Å²) < 4.78 is 11.9. The van der Waals surface area contributed by atoms with Gasteiger partial charge >= 0.3 is 0 Å². The highest BCUT2D eigenvalue weighted by atomic mass is 19.1. The maximum Gasteiger partial charge on any atom is 0.0894 e. The van der Waals surface area contributed by atoms with Crippen LogP contribution in [0.3, 0.4) is 0 Å². The molecule has 0 amide bonds. The third kappa shape index (κ3) is 7.15. The SMILES string of the molecule is C=Cc1ccccc1CCCCCCCCCCF. The zero-order valence-electron chi connectivity index (χ0n) is 12.0. The van der Waals surface area contributed by atoms with Gasteiger partial charge < -0.3 is 0 Å². The number of alkyl halides is 1. The van der Waals surface area contributed by atoms with Crippen LogP contribution in [0.15, 0.2) is 30.8 Å². The summed E-state index contributed by atoms with van der Waals surface area (Å²) in [6.45, 7) is 3.71. The van der Waals surface area contributed by atoms with Gasteiger partial charge in [0.15, 0.2) is 0 Å². The number of unbranched alkanes of at least 4 members (excludes halogenated alkanes) is 7. The number of aryl methyl sites for hydroxylation is 1. The maximum atomic E-state index is 11.9. The molecule has 0 spiro atoms. The number of hydrogen-bond donors (Lipinski definition) is 0. The minimum absolute atomic E-state index is 0.150. The van der Waals surface area contributed by atoms with Crippen LogP contribution in [0.1, 0.15) is 62.5 Å². The van der Waals surface area contributed by atoms with Crippen molar-refractivity contribution in [2.45, 2.75) is 57.8 Å². The first-order valence-corrected chi connectivity index (χ1v) is 7.65. The van der Waals surface area contributed by atoms with Gasteiger partial charge in [-0.15, -0.1) is 0 Å². The zero-order chi connectivity index (χ0) is 13.8. The lowest BCUT2D eigenvalue weighted by Crippen LogP contribution is -1.90. The van der Waals surface area contributed by atoms with Gasteiger partial charge in [0.25, 0.3) is 0 Å². The van der Waals surface area contributed by atoms with E-state index in [0.717, 1.165) is 19.3 Å². The van der Waals surface area contributed by atoms with E-state index >= 15 is 0 Å². The molecule has 0 unspecified atom stereocenters. The molecular weight excluding hydrogens is 235 g/mol. The molecule has 19 heavy (non-hydrogen) atoms. The zero-order valence-corrected chi connectivity index (χ0v) is 12.0. The monoisotopic (exact) mass is 262 g/mol. The summed E-state index contributed by atoms with van der Waals surface area (Å²) in [6.07, 6.45) is 12.5. The van der Waals surface area contributed by atoms with E-state index in [-0.39, 0.29) is 6.67 Å². The van der Waals surface area contributed by atoms with Crippen molar-refractivity contribution in [2.75, 3.05) is 6.67 Å². The Labute approximate surface area is 117 Å². The highest BCUT2D eigenvalue weighted by Gasteiger charge is 1.98. The first-order chi connectivity index (χ1) is 9.38. The Morgan fingerprint density at radius 3 is 2.05 bits per heavy atom. The molecule has 0 N–H and O–H groups in total. The van der Waals surface area contributed by atoms with Gasteiger partial charge in [0.1, 0.15) is 0 Å². The van der Waals surface area contributed by atoms with Crippen LogP contribution in [-0.4, -0.2) is 6.67 Å². The van der Waals surface area contributed by atoms with Crippen molar-refractivity contribution in [3.05, 3.63) is 42.0 Å². The van der Waals surface area contributed by atoms with Crippen molar-refractivity contribution in [1.82, 2.24) is 0 Å². The third-order valence-corrected chi connectivity index (χ3v) is 3.60. The second kappa shape index (κ2) is 10.8. The topological polar surface area (TPSA) is 0 Å². The Balaban J connectivity index is 2.03. The van der Waals surface area contributed by atoms with Crippen LogP contribution in [0.25, 0.3) is 6.08 Å². The van der Waals surface area contributed by atoms with E-state index in [9.17, 15) is 4.39 Å². The molecule has 0 aromatic heterocycles. The van der Waals surface area contributed by atoms with Gasteiger partial charge in [-0.2, -0.15) is 0 Å². The molecule has 106 valence electrons. The molecule has 1 heteroatoms. The fraction of sp³-hybridized carbons (Fsp3) is 0.556. The summed E-state index contributed by atoms with van der Waals surface area (Å²) in [5.41, 5.74) is 2.69. The molecule has 1 aromatic carbocycles. The average molecular weight is 262 g/mol. The first-order valence-electron chi connectivity index (χ1n) is 7.65. The lowest BCUT2D eigenvalue weighted by atomic mass is 10.0. The number of halogens is 1. The van der Waals surface area contributed by atoms with E-state index in [1.807, 2.05) is 6.08 Å². The molecule has 0 bridgehead atoms. The Kier molecular flexibility index (Phi) is 9.05. The van der Waals surface area contributed by atoms with E-state index in [1.54, 1.807) is 0 Å². The van der Waals surface area contributed by atoms with Crippen molar-refractivity contribution in [2.24, 2.45) is 0 Å². The minimum atomic E-state index is -0.150. The van der Waals surface area contributed by atoms with Crippen LogP contribution >= 0.6 is 0 Å². The molecule has 1 aromatic rings. The standard InChI is InChI=1S/C18H27F/c1-2-17-13-10-11-15-18(17)14-9-7-5-3-4-6-8-12-16-19/h2,10-11,13,15H,1,3-9,12,14,16H2. The van der Waals surface area contributed by atoms with E-state index < -0.39 is 0 Å². The van der Waals surface area contributed by atoms with Gasteiger partial charge in [-0.1, -0.05) is 75.4 Å². The third-order valence-electron chi connectivity index (χ3n) is 3.60. The number of hydrogen-bond acceptors (Lipinski definition) is 0. The molecule has 0 aliphatic rings. The predicted molar refractivity (Wildman–Crippen MR) is 83.1 cm³/mol. The Morgan fingerprint density at radius 1 is 0.842 bits per heavy atom. The minimum Gasteiger partial charge on any atom is -0.251 e. The van der Waals surface area contributed by atoms with Crippen molar-refractivity contribution in [3.63, 3.8) is 0 Å². The summed E-state index contributed by atoms with van der Waals surface area (Å²) in [6, 6.07) is 8.51. The Morgan fingerprint density at radius 2 is 1.42 bits per heavy atom. The Hall–Kier alpha value is -1.11. The summed E-state index contributed by atoms with van der Waals surface area (Å²) in [5.74, 6) is 0. The van der Waals surface area contributed by atoms with E-state index in [1.165, 1.54) is 49.7 Å². The van der Waals surface area contributed by atoms with Crippen molar-refractivity contribution < 1.29 is 4.39 Å². The van der Waals surface area contributed by atoms with Gasteiger partial charge in [0.05, 0.1) is 6.67 Å². The van der Waals surface area contributed by atoms with Crippen LogP contribution in [-0.2, 0) is 6.42 Å². The van der Waals surface area contributed by atoms with Crippen LogP contribution in [0.4, 0.5) is 4.39 Å². The Bertz CT molecular complexity index is 343. The van der Waals surface area contributed by atoms with Gasteiger partial charge in [0, 0.05) is 0 Å². The van der Waals surface area contributed by atoms with Crippen molar-refractivity contribution in [1.29, 1.82) is 0 Å². The lowest BCUT2D eigenvalue weighted by Gasteiger charge is -2.05. The molecule has 0 heterocycles. The molecule has 0 saturated heterocycles. The van der Waals surface area contributed by atoms with Crippen LogP contribution in [0.5, 0.6) is 0 Å². The van der Waals surface area contributed by atoms with Crippen LogP contribution < -0.4 is 0 Å². The second-order valence-corrected chi connectivity index (χ2v) is 5.17. The van der Waals surface area contributed by atoms with Crippen molar-refractivity contribution in [3.8, 4) is 0 Å². The molecule has 1 rings (SSSR count). The van der Waals surface area contributed by atoms with E-state index in [4.69, 9.17) is 0 Å². The lowest BCUT2D eigenvalue weighted by molar-refractivity contribution is 0.449. The average Bonchev–Trinajstić information content (AvgIpc) is 2.46. The summed E-state index contributed by atoms with van der Waals surface area (Å²) in [5, 5.41) is 0. The molecule has 0 aliphatic carbocycles. The fourth-order valence-electron chi connectivity index (χ4n) is 2.43. The highest BCUT2D eigenvalue weighted by Crippen LogP contribution is 2.15. The smallest absolute Gasteiger partial charge is 0.0894 e. The van der Waals surface area contributed by atoms with Gasteiger partial charge in [-0.05, 0) is 30.4 Å². The van der Waals surface area contributed by atoms with Gasteiger partial charge in [-0.3, -0.25) is 4.39 Å². The van der Waals surface area contributed by atoms with Crippen LogP contribution in [0, 0.1) is 0 Å². The molecule has 0 atom stereocenters. The molecule has 0 aliphatic heterocycles. The normalized spacial score (nSPS) is 10.6. The molecule has 0 saturated carbocycles. The largest absolute Gasteiger partial charge is 0.251 e. The fourth-order valence-corrected chi connectivity index (χ4v) is 2.43. The summed E-state index contributed by atoms with van der Waals surface area (Å²) in [7, 11) is 0. The quantitative estimate of drug-likeness (QED) is 0.431. The number of rotatable bonds is 11. The number of benzene rings is 1. The summed E-state index contributed by atoms with van der Waals surface area (Å²) in [4.78, 5) is 0. The van der Waals surface area contributed by atoms with Gasteiger partial charge in [0.2, 0.25) is 0 Å². The molecule has 0 nitrogen and oxygen atoms in total. The van der Waals surface area contributed by atoms with Gasteiger partial charge in [-0.25, -0.2) is 0 Å². The van der Waals surface area contributed by atoms with E-state index in [0.29, 0.717) is 0 Å². The summed E-state index contributed by atoms with van der Waals surface area (Å²) >= 11 is 0. The van der Waals surface area contributed by atoms with E-state index in [2.05, 4.69) is 30.8 Å². The van der Waals surface area contributed by atoms with Crippen molar-refractivity contribution >= 4 is 6.08 Å². The molecule has 0 fully saturated rings. The second-order valence-electron chi connectivity index (χ2n) is 5.17.